The van der Waals surface area contributed by atoms with Crippen molar-refractivity contribution in [2.24, 2.45) is 5.92 Å². The first-order valence-corrected chi connectivity index (χ1v) is 10.5. The Hall–Kier alpha value is -2.58. The third-order valence-electron chi connectivity index (χ3n) is 5.42. The quantitative estimate of drug-likeness (QED) is 0.665. The van der Waals surface area contributed by atoms with Gasteiger partial charge in [0.1, 0.15) is 5.82 Å². The smallest absolute Gasteiger partial charge is 0.258 e. The summed E-state index contributed by atoms with van der Waals surface area (Å²) in [5.74, 6) is -0.882. The number of amides is 2. The molecule has 0 bridgehead atoms. The summed E-state index contributed by atoms with van der Waals surface area (Å²) in [7, 11) is 0. The molecule has 2 aromatic rings. The Morgan fingerprint density at radius 3 is 2.87 bits per heavy atom. The van der Waals surface area contributed by atoms with E-state index >= 15 is 0 Å². The zero-order chi connectivity index (χ0) is 21.4. The minimum atomic E-state index is -0.991. The van der Waals surface area contributed by atoms with Crippen molar-refractivity contribution in [1.29, 1.82) is 0 Å². The van der Waals surface area contributed by atoms with E-state index < -0.39 is 17.4 Å². The van der Waals surface area contributed by atoms with Gasteiger partial charge in [0.2, 0.25) is 17.8 Å². The number of hydrogen-bond donors (Lipinski definition) is 3. The maximum atomic E-state index is 12.9. The number of fused-ring (bicyclic) bond motifs is 1. The Balaban J connectivity index is 1.66. The van der Waals surface area contributed by atoms with Crippen LogP contribution in [0.5, 0.6) is 0 Å². The van der Waals surface area contributed by atoms with Crippen LogP contribution in [-0.2, 0) is 9.59 Å². The lowest BCUT2D eigenvalue weighted by Crippen LogP contribution is -2.40. The average molecular weight is 450 g/mol. The molecule has 30 heavy (non-hydrogen) atoms. The van der Waals surface area contributed by atoms with Crippen LogP contribution in [0.15, 0.2) is 23.0 Å². The van der Waals surface area contributed by atoms with Crippen molar-refractivity contribution in [3.8, 4) is 0 Å². The molecule has 8 nitrogen and oxygen atoms in total. The molecule has 0 aliphatic carbocycles. The zero-order valence-electron chi connectivity index (χ0n) is 16.3. The standard InChI is InChI=1S/C20H21Cl2N5O3/c1-10-4-3-7-27(9-10)20-25-17-15(19(30)26-20)11(8-14(28)24-17)18(29)23-13-6-2-5-12(21)16(13)22/h2,5-6,10-11H,3-4,7-9H2,1H3,(H,23,29)(H2,24,25,26,28,30)/t10-,11-/m1/s1. The van der Waals surface area contributed by atoms with Gasteiger partial charge in [0.25, 0.3) is 5.56 Å². The molecule has 0 unspecified atom stereocenters. The Kier molecular flexibility index (Phi) is 5.71. The molecular formula is C20H21Cl2N5O3. The molecule has 2 aliphatic rings. The first-order valence-electron chi connectivity index (χ1n) is 9.77. The summed E-state index contributed by atoms with van der Waals surface area (Å²) in [5, 5.41) is 5.78. The van der Waals surface area contributed by atoms with Gasteiger partial charge >= 0.3 is 0 Å². The zero-order valence-corrected chi connectivity index (χ0v) is 17.8. The summed E-state index contributed by atoms with van der Waals surface area (Å²) in [5.41, 5.74) is 0.00892. The van der Waals surface area contributed by atoms with E-state index in [0.717, 1.165) is 25.9 Å². The minimum absolute atomic E-state index is 0.126. The molecule has 0 radical (unpaired) electrons. The maximum Gasteiger partial charge on any atom is 0.258 e. The monoisotopic (exact) mass is 449 g/mol. The molecule has 10 heteroatoms. The van der Waals surface area contributed by atoms with Gasteiger partial charge in [-0.2, -0.15) is 4.98 Å². The van der Waals surface area contributed by atoms with E-state index in [4.69, 9.17) is 23.2 Å². The van der Waals surface area contributed by atoms with Gasteiger partial charge < -0.3 is 15.5 Å². The van der Waals surface area contributed by atoms with Gasteiger partial charge in [-0.3, -0.25) is 19.4 Å². The molecule has 1 saturated heterocycles. The van der Waals surface area contributed by atoms with E-state index in [9.17, 15) is 14.4 Å². The van der Waals surface area contributed by atoms with E-state index in [1.165, 1.54) is 0 Å². The summed E-state index contributed by atoms with van der Waals surface area (Å²) in [6.07, 6.45) is 1.96. The van der Waals surface area contributed by atoms with E-state index in [2.05, 4.69) is 27.5 Å². The van der Waals surface area contributed by atoms with Crippen LogP contribution in [0.2, 0.25) is 10.0 Å². The number of aromatic nitrogens is 2. The fourth-order valence-electron chi connectivity index (χ4n) is 3.94. The predicted octanol–water partition coefficient (Wildman–Crippen LogP) is 3.38. The third-order valence-corrected chi connectivity index (χ3v) is 6.24. The second-order valence-electron chi connectivity index (χ2n) is 7.74. The summed E-state index contributed by atoms with van der Waals surface area (Å²) < 4.78 is 0. The molecule has 0 spiro atoms. The number of hydrogen-bond acceptors (Lipinski definition) is 5. The molecule has 158 valence electrons. The van der Waals surface area contributed by atoms with Crippen LogP contribution < -0.4 is 21.1 Å². The fourth-order valence-corrected chi connectivity index (χ4v) is 4.28. The van der Waals surface area contributed by atoms with Gasteiger partial charge in [0.05, 0.1) is 27.2 Å². The number of carbonyl (C=O) groups is 2. The normalized spacial score (nSPS) is 21.0. The van der Waals surface area contributed by atoms with Crippen molar-refractivity contribution in [2.45, 2.75) is 32.1 Å². The first kappa shape index (κ1) is 20.7. The van der Waals surface area contributed by atoms with Crippen molar-refractivity contribution in [2.75, 3.05) is 28.6 Å². The number of carbonyl (C=O) groups excluding carboxylic acids is 2. The van der Waals surface area contributed by atoms with Crippen LogP contribution in [0.4, 0.5) is 17.5 Å². The van der Waals surface area contributed by atoms with E-state index in [-0.39, 0.29) is 33.8 Å². The fraction of sp³-hybridized carbons (Fsp3) is 0.400. The Morgan fingerprint density at radius 1 is 1.30 bits per heavy atom. The molecule has 0 saturated carbocycles. The van der Waals surface area contributed by atoms with E-state index in [0.29, 0.717) is 17.6 Å². The van der Waals surface area contributed by atoms with Gasteiger partial charge in [-0.1, -0.05) is 36.2 Å². The number of nitrogens with one attached hydrogen (secondary N) is 3. The highest BCUT2D eigenvalue weighted by Crippen LogP contribution is 2.33. The van der Waals surface area contributed by atoms with Crippen LogP contribution in [0.1, 0.15) is 37.7 Å². The molecule has 2 aliphatic heterocycles. The number of benzene rings is 1. The van der Waals surface area contributed by atoms with Crippen LogP contribution >= 0.6 is 23.2 Å². The van der Waals surface area contributed by atoms with Crippen molar-refractivity contribution >= 4 is 52.5 Å². The highest BCUT2D eigenvalue weighted by Gasteiger charge is 2.35. The molecule has 2 amide bonds. The van der Waals surface area contributed by atoms with Crippen LogP contribution in [-0.4, -0.2) is 34.9 Å². The SMILES string of the molecule is C[C@@H]1CCCN(c2nc3c(c(=O)[nH]2)[C@H](C(=O)Nc2cccc(Cl)c2Cl)CC(=O)N3)C1. The number of nitrogens with zero attached hydrogens (tertiary/aromatic N) is 2. The highest BCUT2D eigenvalue weighted by molar-refractivity contribution is 6.44. The topological polar surface area (TPSA) is 107 Å². The summed E-state index contributed by atoms with van der Waals surface area (Å²) in [4.78, 5) is 47.4. The van der Waals surface area contributed by atoms with E-state index in [1.54, 1.807) is 18.2 Å². The van der Waals surface area contributed by atoms with Crippen LogP contribution in [0, 0.1) is 5.92 Å². The second kappa shape index (κ2) is 8.28. The summed E-state index contributed by atoms with van der Waals surface area (Å²) >= 11 is 12.1. The number of halogens is 2. The van der Waals surface area contributed by atoms with Crippen molar-refractivity contribution < 1.29 is 9.59 Å². The Bertz CT molecular complexity index is 1070. The molecule has 1 fully saturated rings. The summed E-state index contributed by atoms with van der Waals surface area (Å²) in [6.45, 7) is 3.69. The van der Waals surface area contributed by atoms with E-state index in [1.807, 2.05) is 4.90 Å². The number of H-pyrrole nitrogens is 1. The number of piperidine rings is 1. The van der Waals surface area contributed by atoms with Gasteiger partial charge in [0.15, 0.2) is 0 Å². The lowest BCUT2D eigenvalue weighted by atomic mass is 9.92. The number of aromatic amines is 1. The second-order valence-corrected chi connectivity index (χ2v) is 8.53. The molecular weight excluding hydrogens is 429 g/mol. The number of rotatable bonds is 3. The molecule has 1 aromatic carbocycles. The predicted molar refractivity (Wildman–Crippen MR) is 117 cm³/mol. The largest absolute Gasteiger partial charge is 0.342 e. The molecule has 3 N–H and O–H groups in total. The first-order chi connectivity index (χ1) is 14.3. The van der Waals surface area contributed by atoms with Crippen molar-refractivity contribution in [3.05, 3.63) is 44.2 Å². The third kappa shape index (κ3) is 4.02. The highest BCUT2D eigenvalue weighted by atomic mass is 35.5. The van der Waals surface area contributed by atoms with Crippen molar-refractivity contribution in [3.63, 3.8) is 0 Å². The lowest BCUT2D eigenvalue weighted by molar-refractivity contribution is -0.123. The Morgan fingerprint density at radius 2 is 2.10 bits per heavy atom. The van der Waals surface area contributed by atoms with Gasteiger partial charge in [-0.15, -0.1) is 0 Å². The molecule has 4 rings (SSSR count). The Labute approximate surface area is 183 Å². The lowest BCUT2D eigenvalue weighted by Gasteiger charge is -2.32. The number of anilines is 3. The van der Waals surface area contributed by atoms with Gasteiger partial charge in [-0.25, -0.2) is 0 Å². The van der Waals surface area contributed by atoms with Gasteiger partial charge in [-0.05, 0) is 30.9 Å². The molecule has 2 atom stereocenters. The molecule has 3 heterocycles. The maximum absolute atomic E-state index is 12.9. The van der Waals surface area contributed by atoms with Crippen molar-refractivity contribution in [1.82, 2.24) is 9.97 Å². The minimum Gasteiger partial charge on any atom is -0.342 e. The summed E-state index contributed by atoms with van der Waals surface area (Å²) in [6, 6.07) is 4.84. The van der Waals surface area contributed by atoms with Gasteiger partial charge in [0, 0.05) is 19.5 Å². The average Bonchev–Trinajstić information content (AvgIpc) is 2.70. The van der Waals surface area contributed by atoms with Crippen LogP contribution in [0.3, 0.4) is 0 Å². The van der Waals surface area contributed by atoms with Crippen LogP contribution in [0.25, 0.3) is 0 Å². The molecule has 1 aromatic heterocycles.